The number of benzene rings is 1. The Kier molecular flexibility index (Phi) is 4.91. The number of rotatable bonds is 5. The Balaban J connectivity index is 2.21. The molecule has 0 spiro atoms. The third kappa shape index (κ3) is 3.31. The minimum absolute atomic E-state index is 0.397. The minimum Gasteiger partial charge on any atom is -0.497 e. The van der Waals surface area contributed by atoms with E-state index in [1.165, 1.54) is 0 Å². The van der Waals surface area contributed by atoms with Crippen molar-refractivity contribution in [1.82, 2.24) is 9.61 Å². The van der Waals surface area contributed by atoms with Gasteiger partial charge in [-0.1, -0.05) is 18.5 Å². The van der Waals surface area contributed by atoms with Gasteiger partial charge in [-0.15, -0.1) is 0 Å². The lowest BCUT2D eigenvalue weighted by atomic mass is 10.1. The van der Waals surface area contributed by atoms with E-state index in [0.717, 1.165) is 45.9 Å². The number of hydrogen-bond donors (Lipinski definition) is 1. The molecule has 0 saturated carbocycles. The molecule has 0 unspecified atom stereocenters. The van der Waals surface area contributed by atoms with Gasteiger partial charge < -0.3 is 10.1 Å². The molecule has 0 saturated heterocycles. The van der Waals surface area contributed by atoms with Crippen LogP contribution in [-0.4, -0.2) is 22.8 Å². The molecule has 1 atom stereocenters. The Morgan fingerprint density at radius 1 is 1.24 bits per heavy atom. The summed E-state index contributed by atoms with van der Waals surface area (Å²) in [6, 6.07) is 10.4. The Bertz CT molecular complexity index is 917. The molecule has 5 heteroatoms. The van der Waals surface area contributed by atoms with E-state index in [9.17, 15) is 0 Å². The van der Waals surface area contributed by atoms with E-state index in [0.29, 0.717) is 11.1 Å². The molecule has 0 amide bonds. The van der Waals surface area contributed by atoms with Gasteiger partial charge in [0.25, 0.3) is 0 Å². The third-order valence-electron chi connectivity index (χ3n) is 4.50. The van der Waals surface area contributed by atoms with Gasteiger partial charge in [0.05, 0.1) is 34.7 Å². The van der Waals surface area contributed by atoms with Crippen LogP contribution in [0.4, 0.5) is 5.69 Å². The van der Waals surface area contributed by atoms with E-state index >= 15 is 0 Å². The molecule has 0 aliphatic rings. The molecular formula is C20H24ClN3O. The molecular weight excluding hydrogens is 334 g/mol. The fourth-order valence-corrected chi connectivity index (χ4v) is 3.27. The van der Waals surface area contributed by atoms with Crippen molar-refractivity contribution in [3.63, 3.8) is 0 Å². The molecule has 3 aromatic rings. The quantitative estimate of drug-likeness (QED) is 0.656. The Hall–Kier alpha value is -2.20. The largest absolute Gasteiger partial charge is 0.497 e. The zero-order chi connectivity index (χ0) is 18.1. The highest BCUT2D eigenvalue weighted by molar-refractivity contribution is 6.33. The minimum atomic E-state index is 0.397. The first kappa shape index (κ1) is 17.6. The topological polar surface area (TPSA) is 38.6 Å². The zero-order valence-electron chi connectivity index (χ0n) is 15.4. The van der Waals surface area contributed by atoms with E-state index in [1.807, 2.05) is 29.6 Å². The van der Waals surface area contributed by atoms with Gasteiger partial charge in [0.15, 0.2) is 0 Å². The molecule has 132 valence electrons. The molecule has 25 heavy (non-hydrogen) atoms. The average molecular weight is 358 g/mol. The van der Waals surface area contributed by atoms with Gasteiger partial charge in [-0.3, -0.25) is 0 Å². The Morgan fingerprint density at radius 3 is 2.64 bits per heavy atom. The second-order valence-corrected chi connectivity index (χ2v) is 6.88. The first-order chi connectivity index (χ1) is 11.9. The van der Waals surface area contributed by atoms with Crippen LogP contribution in [-0.2, 0) is 0 Å². The summed E-state index contributed by atoms with van der Waals surface area (Å²) in [5, 5.41) is 8.98. The second-order valence-electron chi connectivity index (χ2n) is 6.47. The summed E-state index contributed by atoms with van der Waals surface area (Å²) in [4.78, 5) is 0. The molecule has 3 rings (SSSR count). The SMILES string of the molecule is CC[C@H](C)Nc1cc(C)nn2c(-c3ccc(OC)cc3Cl)c(C)cc12. The van der Waals surface area contributed by atoms with Crippen molar-refractivity contribution in [2.75, 3.05) is 12.4 Å². The average Bonchev–Trinajstić information content (AvgIpc) is 2.90. The number of aromatic nitrogens is 2. The van der Waals surface area contributed by atoms with Crippen molar-refractivity contribution in [3.05, 3.63) is 46.6 Å². The number of halogens is 1. The number of ether oxygens (including phenoxy) is 1. The summed E-state index contributed by atoms with van der Waals surface area (Å²) in [6.45, 7) is 8.46. The summed E-state index contributed by atoms with van der Waals surface area (Å²) in [7, 11) is 1.64. The van der Waals surface area contributed by atoms with E-state index in [2.05, 4.69) is 38.2 Å². The maximum absolute atomic E-state index is 6.52. The van der Waals surface area contributed by atoms with Crippen LogP contribution in [0.25, 0.3) is 16.8 Å². The molecule has 2 aromatic heterocycles. The lowest BCUT2D eigenvalue weighted by molar-refractivity contribution is 0.415. The van der Waals surface area contributed by atoms with Crippen molar-refractivity contribution >= 4 is 22.8 Å². The van der Waals surface area contributed by atoms with Crippen molar-refractivity contribution in [1.29, 1.82) is 0 Å². The van der Waals surface area contributed by atoms with Crippen LogP contribution >= 0.6 is 11.6 Å². The smallest absolute Gasteiger partial charge is 0.120 e. The van der Waals surface area contributed by atoms with Gasteiger partial charge in [-0.05, 0) is 63.1 Å². The van der Waals surface area contributed by atoms with Crippen molar-refractivity contribution in [2.45, 2.75) is 40.2 Å². The van der Waals surface area contributed by atoms with Crippen molar-refractivity contribution in [2.24, 2.45) is 0 Å². The molecule has 0 bridgehead atoms. The van der Waals surface area contributed by atoms with E-state index in [-0.39, 0.29) is 0 Å². The van der Waals surface area contributed by atoms with Crippen LogP contribution in [0.3, 0.4) is 0 Å². The molecule has 0 fully saturated rings. The number of anilines is 1. The number of fused-ring (bicyclic) bond motifs is 1. The van der Waals surface area contributed by atoms with Crippen LogP contribution < -0.4 is 10.1 Å². The van der Waals surface area contributed by atoms with Crippen LogP contribution in [0.5, 0.6) is 5.75 Å². The van der Waals surface area contributed by atoms with Crippen LogP contribution in [0, 0.1) is 13.8 Å². The fourth-order valence-electron chi connectivity index (χ4n) is 3.01. The standard InChI is InChI=1S/C20H24ClN3O/c1-6-13(3)22-18-10-14(4)23-24-19(18)9-12(2)20(24)16-8-7-15(25-5)11-17(16)21/h7-11,13,22H,6H2,1-5H3/t13-/m0/s1. The first-order valence-electron chi connectivity index (χ1n) is 8.55. The lowest BCUT2D eigenvalue weighted by Crippen LogP contribution is -2.14. The van der Waals surface area contributed by atoms with Gasteiger partial charge in [-0.2, -0.15) is 5.10 Å². The third-order valence-corrected chi connectivity index (χ3v) is 4.81. The molecule has 4 nitrogen and oxygen atoms in total. The highest BCUT2D eigenvalue weighted by Gasteiger charge is 2.17. The predicted octanol–water partition coefficient (Wildman–Crippen LogP) is 5.49. The highest BCUT2D eigenvalue weighted by atomic mass is 35.5. The molecule has 1 N–H and O–H groups in total. The maximum Gasteiger partial charge on any atom is 0.120 e. The van der Waals surface area contributed by atoms with Gasteiger partial charge in [-0.25, -0.2) is 4.52 Å². The summed E-state index contributed by atoms with van der Waals surface area (Å²) >= 11 is 6.52. The van der Waals surface area contributed by atoms with Crippen molar-refractivity contribution in [3.8, 4) is 17.0 Å². The van der Waals surface area contributed by atoms with E-state index in [4.69, 9.17) is 21.4 Å². The number of hydrogen-bond acceptors (Lipinski definition) is 3. The number of aryl methyl sites for hydroxylation is 2. The van der Waals surface area contributed by atoms with Crippen LogP contribution in [0.1, 0.15) is 31.5 Å². The van der Waals surface area contributed by atoms with E-state index < -0.39 is 0 Å². The summed E-state index contributed by atoms with van der Waals surface area (Å²) < 4.78 is 7.25. The van der Waals surface area contributed by atoms with Gasteiger partial charge in [0, 0.05) is 11.6 Å². The lowest BCUT2D eigenvalue weighted by Gasteiger charge is -2.15. The predicted molar refractivity (Wildman–Crippen MR) is 105 cm³/mol. The van der Waals surface area contributed by atoms with Gasteiger partial charge in [0.1, 0.15) is 5.75 Å². The molecule has 0 radical (unpaired) electrons. The monoisotopic (exact) mass is 357 g/mol. The van der Waals surface area contributed by atoms with Crippen LogP contribution in [0.2, 0.25) is 5.02 Å². The maximum atomic E-state index is 6.52. The van der Waals surface area contributed by atoms with Crippen molar-refractivity contribution < 1.29 is 4.74 Å². The first-order valence-corrected chi connectivity index (χ1v) is 8.92. The zero-order valence-corrected chi connectivity index (χ0v) is 16.1. The highest BCUT2D eigenvalue weighted by Crippen LogP contribution is 2.36. The number of nitrogens with zero attached hydrogens (tertiary/aromatic N) is 2. The summed E-state index contributed by atoms with van der Waals surface area (Å²) in [5.74, 6) is 0.746. The van der Waals surface area contributed by atoms with Gasteiger partial charge >= 0.3 is 0 Å². The fraction of sp³-hybridized carbons (Fsp3) is 0.350. The number of methoxy groups -OCH3 is 1. The van der Waals surface area contributed by atoms with E-state index in [1.54, 1.807) is 7.11 Å². The van der Waals surface area contributed by atoms with Gasteiger partial charge in [0.2, 0.25) is 0 Å². The molecule has 0 aliphatic carbocycles. The Labute approximate surface area is 153 Å². The molecule has 1 aromatic carbocycles. The van der Waals surface area contributed by atoms with Crippen LogP contribution in [0.15, 0.2) is 30.3 Å². The Morgan fingerprint density at radius 2 is 2.00 bits per heavy atom. The normalized spacial score (nSPS) is 12.4. The second kappa shape index (κ2) is 6.96. The summed E-state index contributed by atoms with van der Waals surface area (Å²) in [5.41, 5.74) is 6.22. The number of nitrogens with one attached hydrogen (secondary N) is 1. The molecule has 2 heterocycles. The molecule has 0 aliphatic heterocycles. The summed E-state index contributed by atoms with van der Waals surface area (Å²) in [6.07, 6.45) is 1.06.